The van der Waals surface area contributed by atoms with Crippen LogP contribution >= 0.6 is 0 Å². The summed E-state index contributed by atoms with van der Waals surface area (Å²) in [6, 6.07) is 0. The van der Waals surface area contributed by atoms with Gasteiger partial charge in [0.05, 0.1) is 6.10 Å². The summed E-state index contributed by atoms with van der Waals surface area (Å²) in [6.45, 7) is 3.62. The molecule has 0 fully saturated rings. The van der Waals surface area contributed by atoms with Crippen LogP contribution in [-0.4, -0.2) is 34.4 Å². The summed E-state index contributed by atoms with van der Waals surface area (Å²) < 4.78 is 0. The van der Waals surface area contributed by atoms with Gasteiger partial charge in [-0.2, -0.15) is 0 Å². The number of carboxylic acids is 1. The fraction of sp³-hybridized carbons (Fsp3) is 0.650. The van der Waals surface area contributed by atoms with Crippen LogP contribution in [0.1, 0.15) is 65.2 Å². The quantitative estimate of drug-likeness (QED) is 0.266. The number of aliphatic carboxylic acids is 1. The second-order valence-electron chi connectivity index (χ2n) is 6.37. The van der Waals surface area contributed by atoms with Gasteiger partial charge in [-0.15, -0.1) is 0 Å². The number of carbonyl (C=O) groups is 3. The van der Waals surface area contributed by atoms with E-state index in [2.05, 4.69) is 13.0 Å². The molecule has 0 aliphatic heterocycles. The number of hydrogen-bond acceptors (Lipinski definition) is 4. The first-order valence-corrected chi connectivity index (χ1v) is 9.11. The molecule has 3 atom stereocenters. The number of aldehydes is 1. The van der Waals surface area contributed by atoms with Crippen molar-refractivity contribution in [1.82, 2.24) is 0 Å². The van der Waals surface area contributed by atoms with Crippen molar-refractivity contribution in [2.45, 2.75) is 71.3 Å². The highest BCUT2D eigenvalue weighted by atomic mass is 16.4. The van der Waals surface area contributed by atoms with Crippen molar-refractivity contribution in [3.05, 3.63) is 24.3 Å². The predicted molar refractivity (Wildman–Crippen MR) is 98.3 cm³/mol. The van der Waals surface area contributed by atoms with Crippen LogP contribution in [-0.2, 0) is 14.4 Å². The van der Waals surface area contributed by atoms with E-state index in [1.165, 1.54) is 19.4 Å². The first-order chi connectivity index (χ1) is 11.9. The van der Waals surface area contributed by atoms with Crippen LogP contribution in [0.2, 0.25) is 0 Å². The maximum atomic E-state index is 11.8. The maximum absolute atomic E-state index is 11.8. The van der Waals surface area contributed by atoms with Crippen LogP contribution < -0.4 is 0 Å². The largest absolute Gasteiger partial charge is 0.481 e. The third kappa shape index (κ3) is 12.3. The van der Waals surface area contributed by atoms with Gasteiger partial charge < -0.3 is 15.0 Å². The van der Waals surface area contributed by atoms with Crippen molar-refractivity contribution < 1.29 is 24.6 Å². The van der Waals surface area contributed by atoms with E-state index in [0.29, 0.717) is 19.3 Å². The van der Waals surface area contributed by atoms with E-state index < -0.39 is 23.9 Å². The molecule has 0 aliphatic carbocycles. The van der Waals surface area contributed by atoms with Crippen LogP contribution in [0, 0.1) is 11.8 Å². The van der Waals surface area contributed by atoms with E-state index >= 15 is 0 Å². The average Bonchev–Trinajstić information content (AvgIpc) is 2.55. The molecule has 0 aromatic heterocycles. The summed E-state index contributed by atoms with van der Waals surface area (Å²) in [4.78, 5) is 33.7. The van der Waals surface area contributed by atoms with Gasteiger partial charge in [0, 0.05) is 18.3 Å². The first kappa shape index (κ1) is 23.2. The predicted octanol–water partition coefficient (Wildman–Crippen LogP) is 3.71. The van der Waals surface area contributed by atoms with Gasteiger partial charge in [0.25, 0.3) is 0 Å². The Bertz CT molecular complexity index is 453. The van der Waals surface area contributed by atoms with E-state index in [1.807, 2.05) is 6.08 Å². The van der Waals surface area contributed by atoms with Crippen molar-refractivity contribution in [3.8, 4) is 0 Å². The molecular formula is C20H32O5. The summed E-state index contributed by atoms with van der Waals surface area (Å²) >= 11 is 0. The number of aliphatic hydroxyl groups excluding tert-OH is 1. The van der Waals surface area contributed by atoms with E-state index in [1.54, 1.807) is 6.08 Å². The lowest BCUT2D eigenvalue weighted by Gasteiger charge is -2.16. The summed E-state index contributed by atoms with van der Waals surface area (Å²) in [5.41, 5.74) is 0. The van der Waals surface area contributed by atoms with Crippen LogP contribution in [0.5, 0.6) is 0 Å². The minimum Gasteiger partial charge on any atom is -0.481 e. The van der Waals surface area contributed by atoms with E-state index in [-0.39, 0.29) is 12.2 Å². The zero-order chi connectivity index (χ0) is 19.1. The highest BCUT2D eigenvalue weighted by Crippen LogP contribution is 2.19. The normalized spacial score (nSPS) is 15.3. The molecule has 0 saturated heterocycles. The fourth-order valence-electron chi connectivity index (χ4n) is 2.56. The molecule has 0 amide bonds. The van der Waals surface area contributed by atoms with Gasteiger partial charge in [-0.1, -0.05) is 44.1 Å². The molecule has 0 saturated carbocycles. The van der Waals surface area contributed by atoms with Gasteiger partial charge >= 0.3 is 5.97 Å². The van der Waals surface area contributed by atoms with Gasteiger partial charge in [0.1, 0.15) is 12.1 Å². The zero-order valence-electron chi connectivity index (χ0n) is 15.4. The van der Waals surface area contributed by atoms with Crippen LogP contribution in [0.25, 0.3) is 0 Å². The first-order valence-electron chi connectivity index (χ1n) is 9.11. The number of ketones is 1. The van der Waals surface area contributed by atoms with Gasteiger partial charge in [-0.3, -0.25) is 9.59 Å². The van der Waals surface area contributed by atoms with Crippen molar-refractivity contribution in [2.75, 3.05) is 0 Å². The van der Waals surface area contributed by atoms with Crippen molar-refractivity contribution >= 4 is 18.0 Å². The molecule has 3 unspecified atom stereocenters. The molecule has 0 bridgehead atoms. The molecule has 2 N–H and O–H groups in total. The molecule has 0 aliphatic rings. The van der Waals surface area contributed by atoms with Gasteiger partial charge in [0.2, 0.25) is 0 Å². The third-order valence-electron chi connectivity index (χ3n) is 4.12. The molecule has 25 heavy (non-hydrogen) atoms. The van der Waals surface area contributed by atoms with Gasteiger partial charge in [-0.25, -0.2) is 0 Å². The van der Waals surface area contributed by atoms with Gasteiger partial charge in [0.15, 0.2) is 0 Å². The molecule has 0 radical (unpaired) electrons. The summed E-state index contributed by atoms with van der Waals surface area (Å²) in [5, 5.41) is 18.4. The molecule has 0 spiro atoms. The smallest absolute Gasteiger partial charge is 0.303 e. The molecule has 0 aromatic rings. The Hall–Kier alpha value is -1.75. The fourth-order valence-corrected chi connectivity index (χ4v) is 2.56. The standard InChI is InChI=1S/C20H32O5/c1-3-4-5-6-7-8-11-19(16(2)22)17(15-21)13-14-18(23)10-9-12-20(24)25/h7-8,13-15,17-19,23H,3-6,9-12H2,1-2H3,(H,24,25)/b8-7-,14-13+. The number of allylic oxidation sites excluding steroid dienone is 3. The second-order valence-corrected chi connectivity index (χ2v) is 6.37. The Morgan fingerprint density at radius 1 is 1.08 bits per heavy atom. The summed E-state index contributed by atoms with van der Waals surface area (Å²) in [7, 11) is 0. The molecule has 5 nitrogen and oxygen atoms in total. The number of aliphatic hydroxyl groups is 1. The Morgan fingerprint density at radius 3 is 2.36 bits per heavy atom. The van der Waals surface area contributed by atoms with Crippen LogP contribution in [0.3, 0.4) is 0 Å². The molecule has 0 heterocycles. The number of carboxylic acid groups (broad SMARTS) is 1. The van der Waals surface area contributed by atoms with Crippen LogP contribution in [0.4, 0.5) is 0 Å². The van der Waals surface area contributed by atoms with E-state index in [4.69, 9.17) is 5.11 Å². The number of rotatable bonds is 15. The highest BCUT2D eigenvalue weighted by molar-refractivity contribution is 5.82. The molecule has 0 aromatic carbocycles. The number of carbonyl (C=O) groups excluding carboxylic acids is 2. The topological polar surface area (TPSA) is 91.7 Å². The average molecular weight is 352 g/mol. The van der Waals surface area contributed by atoms with E-state index in [0.717, 1.165) is 25.5 Å². The highest BCUT2D eigenvalue weighted by Gasteiger charge is 2.22. The lowest BCUT2D eigenvalue weighted by molar-refractivity contribution is -0.137. The van der Waals surface area contributed by atoms with Crippen molar-refractivity contribution in [2.24, 2.45) is 11.8 Å². The zero-order valence-corrected chi connectivity index (χ0v) is 15.4. The SMILES string of the molecule is CCCCC/C=C\CC(C(C)=O)C(C=O)/C=C/C(O)CCCC(=O)O. The number of hydrogen-bond donors (Lipinski definition) is 2. The van der Waals surface area contributed by atoms with E-state index in [9.17, 15) is 19.5 Å². The molecule has 5 heteroatoms. The Balaban J connectivity index is 4.54. The Morgan fingerprint density at radius 2 is 1.80 bits per heavy atom. The maximum Gasteiger partial charge on any atom is 0.303 e. The Kier molecular flexibility index (Phi) is 13.6. The lowest BCUT2D eigenvalue weighted by atomic mass is 9.86. The number of Topliss-reactive ketones (excluding diaryl/α,β-unsaturated/α-hetero) is 1. The second kappa shape index (κ2) is 14.6. The monoisotopic (exact) mass is 352 g/mol. The lowest BCUT2D eigenvalue weighted by Crippen LogP contribution is -2.21. The third-order valence-corrected chi connectivity index (χ3v) is 4.12. The summed E-state index contributed by atoms with van der Waals surface area (Å²) in [5.74, 6) is -1.96. The molecule has 142 valence electrons. The number of unbranched alkanes of at least 4 members (excludes halogenated alkanes) is 3. The summed E-state index contributed by atoms with van der Waals surface area (Å²) in [6.07, 6.45) is 12.6. The molecular weight excluding hydrogens is 320 g/mol. The Labute approximate surface area is 150 Å². The van der Waals surface area contributed by atoms with Crippen LogP contribution in [0.15, 0.2) is 24.3 Å². The van der Waals surface area contributed by atoms with Crippen molar-refractivity contribution in [3.63, 3.8) is 0 Å². The van der Waals surface area contributed by atoms with Gasteiger partial charge in [-0.05, 0) is 39.0 Å². The minimum atomic E-state index is -0.899. The molecule has 0 rings (SSSR count). The minimum absolute atomic E-state index is 0.000899. The van der Waals surface area contributed by atoms with Crippen molar-refractivity contribution in [1.29, 1.82) is 0 Å².